The quantitative estimate of drug-likeness (QED) is 0.169. The van der Waals surface area contributed by atoms with Gasteiger partial charge in [0.15, 0.2) is 5.82 Å². The lowest BCUT2D eigenvalue weighted by molar-refractivity contribution is 0.0622. The second-order valence-electron chi connectivity index (χ2n) is 11.8. The first-order chi connectivity index (χ1) is 23.0. The number of ether oxygens (including phenoxy) is 1. The number of carboxylic acid groups (broad SMARTS) is 1. The lowest BCUT2D eigenvalue weighted by Crippen LogP contribution is -2.48. The van der Waals surface area contributed by atoms with Crippen LogP contribution in [0.25, 0.3) is 17.1 Å². The maximum absolute atomic E-state index is 13.1. The average molecular weight is 657 g/mol. The summed E-state index contributed by atoms with van der Waals surface area (Å²) in [5, 5.41) is 41.7. The van der Waals surface area contributed by atoms with Crippen LogP contribution in [0.3, 0.4) is 0 Å². The number of nitrogens with one attached hydrogen (secondary N) is 1. The third kappa shape index (κ3) is 7.04. The molecular weight excluding hydrogens is 616 g/mol. The van der Waals surface area contributed by atoms with Gasteiger partial charge in [0.1, 0.15) is 23.0 Å². The largest absolute Gasteiger partial charge is 0.508 e. The van der Waals surface area contributed by atoms with Gasteiger partial charge in [-0.1, -0.05) is 13.8 Å². The highest BCUT2D eigenvalue weighted by atomic mass is 16.5. The highest BCUT2D eigenvalue weighted by Crippen LogP contribution is 2.38. The Morgan fingerprint density at radius 2 is 1.56 bits per heavy atom. The second kappa shape index (κ2) is 14.4. The van der Waals surface area contributed by atoms with E-state index in [0.717, 1.165) is 0 Å². The van der Waals surface area contributed by atoms with E-state index in [-0.39, 0.29) is 41.0 Å². The summed E-state index contributed by atoms with van der Waals surface area (Å²) < 4.78 is 7.58. The molecule has 3 aromatic carbocycles. The van der Waals surface area contributed by atoms with E-state index in [1.807, 2.05) is 20.8 Å². The fraction of sp³-hybridized carbons (Fsp3) is 0.343. The normalized spacial score (nSPS) is 13.4. The molecule has 0 radical (unpaired) electrons. The van der Waals surface area contributed by atoms with Gasteiger partial charge in [0.2, 0.25) is 5.82 Å². The minimum absolute atomic E-state index is 0.0214. The molecule has 1 saturated heterocycles. The summed E-state index contributed by atoms with van der Waals surface area (Å²) in [4.78, 5) is 40.7. The summed E-state index contributed by atoms with van der Waals surface area (Å²) in [6, 6.07) is 16.5. The summed E-state index contributed by atoms with van der Waals surface area (Å²) in [7, 11) is 0. The molecule has 13 nitrogen and oxygen atoms in total. The van der Waals surface area contributed by atoms with Crippen LogP contribution in [0.5, 0.6) is 23.0 Å². The first kappa shape index (κ1) is 33.8. The molecule has 0 aliphatic carbocycles. The number of phenols is 2. The molecule has 3 amide bonds. The maximum Gasteiger partial charge on any atom is 0.407 e. The summed E-state index contributed by atoms with van der Waals surface area (Å²) in [6.45, 7) is 9.21. The fourth-order valence-corrected chi connectivity index (χ4v) is 5.90. The fourth-order valence-electron chi connectivity index (χ4n) is 5.90. The maximum atomic E-state index is 13.1. The lowest BCUT2D eigenvalue weighted by Gasteiger charge is -2.36. The predicted octanol–water partition coefficient (Wildman–Crippen LogP) is 5.62. The Bertz CT molecular complexity index is 1780. The Morgan fingerprint density at radius 1 is 0.938 bits per heavy atom. The van der Waals surface area contributed by atoms with Gasteiger partial charge in [-0.25, -0.2) is 4.79 Å². The minimum atomic E-state index is -0.935. The van der Waals surface area contributed by atoms with E-state index in [2.05, 4.69) is 15.5 Å². The van der Waals surface area contributed by atoms with Gasteiger partial charge in [-0.15, -0.1) is 10.2 Å². The van der Waals surface area contributed by atoms with E-state index in [4.69, 9.17) is 4.74 Å². The molecular formula is C35H40N6O7. The molecule has 0 spiro atoms. The van der Waals surface area contributed by atoms with Crippen molar-refractivity contribution < 1.29 is 34.4 Å². The van der Waals surface area contributed by atoms with E-state index < -0.39 is 12.0 Å². The first-order valence-corrected chi connectivity index (χ1v) is 16.0. The Hall–Kier alpha value is -5.59. The Balaban J connectivity index is 1.33. The van der Waals surface area contributed by atoms with Crippen LogP contribution in [-0.2, 0) is 0 Å². The number of amides is 3. The number of benzene rings is 3. The molecule has 5 rings (SSSR count). The second-order valence-corrected chi connectivity index (χ2v) is 11.8. The molecule has 1 aliphatic rings. The monoisotopic (exact) mass is 656 g/mol. The van der Waals surface area contributed by atoms with Crippen molar-refractivity contribution in [1.29, 1.82) is 0 Å². The van der Waals surface area contributed by atoms with Crippen molar-refractivity contribution >= 4 is 17.9 Å². The van der Waals surface area contributed by atoms with Crippen LogP contribution in [-0.4, -0.2) is 90.0 Å². The number of aromatic hydroxyl groups is 2. The number of rotatable bonds is 10. The van der Waals surface area contributed by atoms with Crippen LogP contribution >= 0.6 is 0 Å². The number of piperidine rings is 1. The standard InChI is InChI=1S/C35H40N6O7/c1-5-36-33(44)32-38-37-31(28-19-27(21(3)4)29(42)20-30(28)43)41(32)24-9-13-26(14-10-24)48-25-11-7-22(8-12-25)34(45)39-17-15-23(16-18-39)40(6-2)35(46)47/h7-14,19-21,23,42-43H,5-6,15-18H2,1-4H3,(H,36,44)(H,46,47). The van der Waals surface area contributed by atoms with E-state index >= 15 is 0 Å². The van der Waals surface area contributed by atoms with Crippen LogP contribution in [0.4, 0.5) is 4.79 Å². The molecule has 0 saturated carbocycles. The smallest absolute Gasteiger partial charge is 0.407 e. The van der Waals surface area contributed by atoms with Crippen LogP contribution in [0.15, 0.2) is 60.7 Å². The van der Waals surface area contributed by atoms with Crippen molar-refractivity contribution in [3.8, 4) is 40.1 Å². The number of carbonyl (C=O) groups excluding carboxylic acids is 2. The Labute approximate surface area is 278 Å². The Morgan fingerprint density at radius 3 is 2.12 bits per heavy atom. The van der Waals surface area contributed by atoms with Crippen LogP contribution in [0, 0.1) is 0 Å². The lowest BCUT2D eigenvalue weighted by atomic mass is 9.98. The molecule has 4 N–H and O–H groups in total. The van der Waals surface area contributed by atoms with Gasteiger partial charge in [0.05, 0.1) is 5.56 Å². The van der Waals surface area contributed by atoms with Gasteiger partial charge in [-0.3, -0.25) is 14.2 Å². The predicted molar refractivity (Wildman–Crippen MR) is 178 cm³/mol. The molecule has 0 bridgehead atoms. The van der Waals surface area contributed by atoms with Crippen molar-refractivity contribution in [1.82, 2.24) is 29.9 Å². The zero-order valence-corrected chi connectivity index (χ0v) is 27.4. The first-order valence-electron chi connectivity index (χ1n) is 16.0. The summed E-state index contributed by atoms with van der Waals surface area (Å²) in [5.74, 6) is 0.413. The zero-order chi connectivity index (χ0) is 34.5. The minimum Gasteiger partial charge on any atom is -0.508 e. The molecule has 0 atom stereocenters. The average Bonchev–Trinajstić information content (AvgIpc) is 3.51. The van der Waals surface area contributed by atoms with Crippen molar-refractivity contribution in [3.05, 3.63) is 77.6 Å². The number of carbonyl (C=O) groups is 3. The van der Waals surface area contributed by atoms with Gasteiger partial charge >= 0.3 is 6.09 Å². The molecule has 48 heavy (non-hydrogen) atoms. The molecule has 0 unspecified atom stereocenters. The van der Waals surface area contributed by atoms with Crippen LogP contribution < -0.4 is 10.1 Å². The number of phenolic OH excluding ortho intramolecular Hbond substituents is 2. The summed E-state index contributed by atoms with van der Waals surface area (Å²) in [6.07, 6.45) is 0.258. The zero-order valence-electron chi connectivity index (χ0n) is 27.4. The number of hydrogen-bond acceptors (Lipinski definition) is 8. The molecule has 1 fully saturated rings. The number of nitrogens with zero attached hydrogens (tertiary/aromatic N) is 5. The van der Waals surface area contributed by atoms with E-state index in [9.17, 15) is 29.7 Å². The SMILES string of the molecule is CCNC(=O)c1nnc(-c2cc(C(C)C)c(O)cc2O)n1-c1ccc(Oc2ccc(C(=O)N3CCC(N(CC)C(=O)O)CC3)cc2)cc1. The van der Waals surface area contributed by atoms with Crippen LogP contribution in [0.2, 0.25) is 0 Å². The molecule has 1 aliphatic heterocycles. The third-order valence-corrected chi connectivity index (χ3v) is 8.42. The van der Waals surface area contributed by atoms with E-state index in [1.165, 1.54) is 15.5 Å². The Kier molecular flexibility index (Phi) is 10.2. The topological polar surface area (TPSA) is 170 Å². The molecule has 4 aromatic rings. The van der Waals surface area contributed by atoms with Crippen molar-refractivity contribution in [2.45, 2.75) is 52.5 Å². The summed E-state index contributed by atoms with van der Waals surface area (Å²) >= 11 is 0. The number of likely N-dealkylation sites (tertiary alicyclic amines) is 1. The summed E-state index contributed by atoms with van der Waals surface area (Å²) in [5.41, 5.74) is 1.97. The van der Waals surface area contributed by atoms with E-state index in [1.54, 1.807) is 66.4 Å². The van der Waals surface area contributed by atoms with Crippen molar-refractivity contribution in [2.75, 3.05) is 26.2 Å². The van der Waals surface area contributed by atoms with Crippen molar-refractivity contribution in [2.24, 2.45) is 0 Å². The molecule has 2 heterocycles. The highest BCUT2D eigenvalue weighted by molar-refractivity contribution is 5.94. The van der Waals surface area contributed by atoms with Crippen molar-refractivity contribution in [3.63, 3.8) is 0 Å². The number of aromatic nitrogens is 3. The van der Waals surface area contributed by atoms with Gasteiger partial charge in [0, 0.05) is 49.5 Å². The van der Waals surface area contributed by atoms with Crippen LogP contribution in [0.1, 0.15) is 73.0 Å². The molecule has 1 aromatic heterocycles. The van der Waals surface area contributed by atoms with E-state index in [0.29, 0.717) is 72.9 Å². The molecule has 13 heteroatoms. The number of hydrogen-bond donors (Lipinski definition) is 4. The van der Waals surface area contributed by atoms with Gasteiger partial charge in [-0.05, 0) is 92.8 Å². The van der Waals surface area contributed by atoms with Gasteiger partial charge in [-0.2, -0.15) is 0 Å². The third-order valence-electron chi connectivity index (χ3n) is 8.42. The van der Waals surface area contributed by atoms with Gasteiger partial charge in [0.25, 0.3) is 11.8 Å². The molecule has 252 valence electrons. The van der Waals surface area contributed by atoms with Gasteiger partial charge < -0.3 is 35.2 Å². The highest BCUT2D eigenvalue weighted by Gasteiger charge is 2.29.